The molecule has 1 saturated heterocycles. The molecule has 1 aromatic heterocycles. The van der Waals surface area contributed by atoms with E-state index in [2.05, 4.69) is 52.3 Å². The molecule has 2 aliphatic heterocycles. The minimum Gasteiger partial charge on any atom is -0.486 e. The molecule has 2 aliphatic rings. The molecule has 4 heteroatoms. The lowest BCUT2D eigenvalue weighted by Crippen LogP contribution is -2.23. The van der Waals surface area contributed by atoms with E-state index in [9.17, 15) is 0 Å². The fourth-order valence-electron chi connectivity index (χ4n) is 4.17. The molecule has 26 heavy (non-hydrogen) atoms. The van der Waals surface area contributed by atoms with Gasteiger partial charge in [0, 0.05) is 24.2 Å². The van der Waals surface area contributed by atoms with Crippen molar-refractivity contribution in [3.05, 3.63) is 65.9 Å². The van der Waals surface area contributed by atoms with Gasteiger partial charge >= 0.3 is 0 Å². The van der Waals surface area contributed by atoms with Crippen LogP contribution in [-0.2, 0) is 6.54 Å². The number of ether oxygens (including phenoxy) is 2. The van der Waals surface area contributed by atoms with Crippen LogP contribution in [0, 0.1) is 0 Å². The molecule has 0 radical (unpaired) electrons. The van der Waals surface area contributed by atoms with E-state index in [1.54, 1.807) is 0 Å². The highest BCUT2D eigenvalue weighted by atomic mass is 16.6. The minimum atomic E-state index is 0.421. The molecule has 3 heterocycles. The van der Waals surface area contributed by atoms with Crippen molar-refractivity contribution in [1.82, 2.24) is 9.88 Å². The lowest BCUT2D eigenvalue weighted by molar-refractivity contribution is 0.170. The standard InChI is InChI=1S/C22H22N2O2/c1-4-16-6-2-10-23-22(16)18(5-1)15-24-11-3-7-19(24)17-8-9-20-21(14-17)26-13-12-25-20/h1-2,4-6,8-10,14,19H,3,7,11-13,15H2. The zero-order chi connectivity index (χ0) is 17.3. The molecule has 1 fully saturated rings. The van der Waals surface area contributed by atoms with Crippen molar-refractivity contribution in [2.75, 3.05) is 19.8 Å². The Morgan fingerprint density at radius 2 is 1.88 bits per heavy atom. The van der Waals surface area contributed by atoms with E-state index in [4.69, 9.17) is 9.47 Å². The third-order valence-corrected chi connectivity index (χ3v) is 5.40. The SMILES string of the molecule is c1cnc2c(CN3CCCC3c3ccc4c(c3)OCCO4)cccc2c1. The topological polar surface area (TPSA) is 34.6 Å². The Kier molecular flexibility index (Phi) is 3.98. The van der Waals surface area contributed by atoms with E-state index in [1.165, 1.54) is 29.4 Å². The van der Waals surface area contributed by atoms with Crippen LogP contribution in [0.1, 0.15) is 30.0 Å². The number of para-hydroxylation sites is 1. The van der Waals surface area contributed by atoms with Crippen LogP contribution >= 0.6 is 0 Å². The molecule has 1 unspecified atom stereocenters. The van der Waals surface area contributed by atoms with Crippen molar-refractivity contribution in [3.8, 4) is 11.5 Å². The lowest BCUT2D eigenvalue weighted by Gasteiger charge is -2.27. The molecule has 0 bridgehead atoms. The van der Waals surface area contributed by atoms with Gasteiger partial charge in [0.25, 0.3) is 0 Å². The maximum absolute atomic E-state index is 5.78. The summed E-state index contributed by atoms with van der Waals surface area (Å²) in [5.74, 6) is 1.75. The molecule has 0 saturated carbocycles. The molecule has 5 rings (SSSR count). The predicted octanol–water partition coefficient (Wildman–Crippen LogP) is 4.34. The third kappa shape index (κ3) is 2.80. The Morgan fingerprint density at radius 3 is 2.85 bits per heavy atom. The number of hydrogen-bond donors (Lipinski definition) is 0. The van der Waals surface area contributed by atoms with Crippen LogP contribution in [-0.4, -0.2) is 29.6 Å². The van der Waals surface area contributed by atoms with Crippen molar-refractivity contribution < 1.29 is 9.47 Å². The Balaban J connectivity index is 1.44. The zero-order valence-electron chi connectivity index (χ0n) is 14.7. The Bertz CT molecular complexity index is 935. The van der Waals surface area contributed by atoms with Gasteiger partial charge in [-0.2, -0.15) is 0 Å². The van der Waals surface area contributed by atoms with Crippen LogP contribution in [0.2, 0.25) is 0 Å². The summed E-state index contributed by atoms with van der Waals surface area (Å²) in [6.45, 7) is 3.30. The fourth-order valence-corrected chi connectivity index (χ4v) is 4.17. The first-order chi connectivity index (χ1) is 12.9. The molecule has 2 aromatic carbocycles. The average molecular weight is 346 g/mol. The molecule has 0 aliphatic carbocycles. The first-order valence-corrected chi connectivity index (χ1v) is 9.35. The summed E-state index contributed by atoms with van der Waals surface area (Å²) in [5, 5.41) is 1.21. The Morgan fingerprint density at radius 1 is 1.00 bits per heavy atom. The maximum Gasteiger partial charge on any atom is 0.161 e. The van der Waals surface area contributed by atoms with Crippen molar-refractivity contribution in [3.63, 3.8) is 0 Å². The van der Waals surface area contributed by atoms with Gasteiger partial charge in [-0.05, 0) is 48.7 Å². The Hall–Kier alpha value is -2.59. The first-order valence-electron chi connectivity index (χ1n) is 9.35. The summed E-state index contributed by atoms with van der Waals surface area (Å²) in [6.07, 6.45) is 4.28. The van der Waals surface area contributed by atoms with E-state index in [1.807, 2.05) is 12.3 Å². The number of pyridine rings is 1. The van der Waals surface area contributed by atoms with Crippen molar-refractivity contribution >= 4 is 10.9 Å². The van der Waals surface area contributed by atoms with Crippen molar-refractivity contribution in [2.45, 2.75) is 25.4 Å². The third-order valence-electron chi connectivity index (χ3n) is 5.40. The molecule has 132 valence electrons. The van der Waals surface area contributed by atoms with E-state index in [-0.39, 0.29) is 0 Å². The molecule has 0 N–H and O–H groups in total. The molecule has 0 amide bonds. The van der Waals surface area contributed by atoms with Crippen molar-refractivity contribution in [1.29, 1.82) is 0 Å². The van der Waals surface area contributed by atoms with E-state index in [0.717, 1.165) is 30.1 Å². The van der Waals surface area contributed by atoms with Crippen LogP contribution in [0.4, 0.5) is 0 Å². The zero-order valence-corrected chi connectivity index (χ0v) is 14.7. The number of hydrogen-bond acceptors (Lipinski definition) is 4. The summed E-state index contributed by atoms with van der Waals surface area (Å²) < 4.78 is 11.4. The number of rotatable bonds is 3. The van der Waals surface area contributed by atoms with Crippen LogP contribution in [0.25, 0.3) is 10.9 Å². The molecular formula is C22H22N2O2. The second kappa shape index (κ2) is 6.61. The van der Waals surface area contributed by atoms with Gasteiger partial charge in [0.15, 0.2) is 11.5 Å². The predicted molar refractivity (Wildman–Crippen MR) is 102 cm³/mol. The molecule has 4 nitrogen and oxygen atoms in total. The quantitative estimate of drug-likeness (QED) is 0.706. The van der Waals surface area contributed by atoms with Gasteiger partial charge in [-0.25, -0.2) is 0 Å². The average Bonchev–Trinajstić information content (AvgIpc) is 3.16. The smallest absolute Gasteiger partial charge is 0.161 e. The monoisotopic (exact) mass is 346 g/mol. The second-order valence-electron chi connectivity index (χ2n) is 7.02. The van der Waals surface area contributed by atoms with E-state index < -0.39 is 0 Å². The maximum atomic E-state index is 5.78. The highest BCUT2D eigenvalue weighted by Crippen LogP contribution is 2.39. The highest BCUT2D eigenvalue weighted by Gasteiger charge is 2.27. The summed E-state index contributed by atoms with van der Waals surface area (Å²) in [4.78, 5) is 7.18. The number of benzene rings is 2. The molecule has 0 spiro atoms. The van der Waals surface area contributed by atoms with Gasteiger partial charge in [-0.15, -0.1) is 0 Å². The van der Waals surface area contributed by atoms with Crippen LogP contribution in [0.15, 0.2) is 54.7 Å². The largest absolute Gasteiger partial charge is 0.486 e. The number of likely N-dealkylation sites (tertiary alicyclic amines) is 1. The molecular weight excluding hydrogens is 324 g/mol. The normalized spacial score (nSPS) is 19.8. The van der Waals surface area contributed by atoms with E-state index >= 15 is 0 Å². The second-order valence-corrected chi connectivity index (χ2v) is 7.02. The van der Waals surface area contributed by atoms with Gasteiger partial charge in [0.05, 0.1) is 5.52 Å². The summed E-state index contributed by atoms with van der Waals surface area (Å²) in [5.41, 5.74) is 3.73. The van der Waals surface area contributed by atoms with Crippen LogP contribution in [0.3, 0.4) is 0 Å². The van der Waals surface area contributed by atoms with Gasteiger partial charge < -0.3 is 9.47 Å². The number of aromatic nitrogens is 1. The summed E-state index contributed by atoms with van der Waals surface area (Å²) in [7, 11) is 0. The van der Waals surface area contributed by atoms with Gasteiger partial charge in [-0.3, -0.25) is 9.88 Å². The lowest BCUT2D eigenvalue weighted by atomic mass is 10.0. The van der Waals surface area contributed by atoms with Gasteiger partial charge in [-0.1, -0.05) is 30.3 Å². The Labute approximate surface area is 153 Å². The van der Waals surface area contributed by atoms with Crippen molar-refractivity contribution in [2.24, 2.45) is 0 Å². The summed E-state index contributed by atoms with van der Waals surface area (Å²) in [6, 6.07) is 17.4. The fraction of sp³-hybridized carbons (Fsp3) is 0.318. The first kappa shape index (κ1) is 15.6. The van der Waals surface area contributed by atoms with Crippen LogP contribution < -0.4 is 9.47 Å². The van der Waals surface area contributed by atoms with Crippen LogP contribution in [0.5, 0.6) is 11.5 Å². The van der Waals surface area contributed by atoms with E-state index in [0.29, 0.717) is 19.3 Å². The minimum absolute atomic E-state index is 0.421. The number of fused-ring (bicyclic) bond motifs is 2. The molecule has 1 atom stereocenters. The van der Waals surface area contributed by atoms with Gasteiger partial charge in [0.2, 0.25) is 0 Å². The number of nitrogens with zero attached hydrogens (tertiary/aromatic N) is 2. The highest BCUT2D eigenvalue weighted by molar-refractivity contribution is 5.81. The molecule has 3 aromatic rings. The summed E-state index contributed by atoms with van der Waals surface area (Å²) >= 11 is 0. The van der Waals surface area contributed by atoms with Gasteiger partial charge in [0.1, 0.15) is 13.2 Å².